The van der Waals surface area contributed by atoms with Crippen molar-refractivity contribution in [2.75, 3.05) is 13.2 Å². The number of unbranched alkanes of at least 4 members (excludes halogenated alkanes) is 29. The molecular weight excluding hydrogens is 436 g/mol. The first kappa shape index (κ1) is 36.0. The number of hydrogen-bond acceptors (Lipinski definition) is 1. The Bertz CT molecular complexity index is 319. The molecule has 1 nitrogen and oxygen atoms in total. The third-order valence-corrected chi connectivity index (χ3v) is 8.03. The predicted octanol–water partition coefficient (Wildman–Crippen LogP) is 13.1. The van der Waals surface area contributed by atoms with E-state index in [-0.39, 0.29) is 0 Å². The number of ether oxygens (including phenoxy) is 1. The lowest BCUT2D eigenvalue weighted by Crippen LogP contribution is -1.97. The van der Waals surface area contributed by atoms with Gasteiger partial charge in [-0.3, -0.25) is 0 Å². The SMILES string of the molecule is CCCCCCCCCCCCCCCCCCOCCCCCCCCCCCCCCCCC. The molecule has 0 aromatic heterocycles. The van der Waals surface area contributed by atoms with Crippen LogP contribution < -0.4 is 0 Å². The van der Waals surface area contributed by atoms with E-state index < -0.39 is 0 Å². The molecule has 0 saturated carbocycles. The lowest BCUT2D eigenvalue weighted by atomic mass is 10.0. The molecular formula is C35H72O. The van der Waals surface area contributed by atoms with E-state index in [1.807, 2.05) is 0 Å². The van der Waals surface area contributed by atoms with Crippen LogP contribution in [0.25, 0.3) is 0 Å². The van der Waals surface area contributed by atoms with Crippen molar-refractivity contribution in [3.05, 3.63) is 0 Å². The summed E-state index contributed by atoms with van der Waals surface area (Å²) in [6.45, 7) is 6.60. The molecule has 0 aliphatic rings. The molecule has 0 aromatic carbocycles. The Morgan fingerprint density at radius 3 is 0.583 bits per heavy atom. The number of hydrogen-bond donors (Lipinski definition) is 0. The van der Waals surface area contributed by atoms with E-state index in [9.17, 15) is 0 Å². The van der Waals surface area contributed by atoms with Crippen LogP contribution in [-0.2, 0) is 4.74 Å². The first-order valence-electron chi connectivity index (χ1n) is 17.5. The van der Waals surface area contributed by atoms with Gasteiger partial charge in [0.1, 0.15) is 0 Å². The molecule has 0 aliphatic heterocycles. The molecule has 0 fully saturated rings. The van der Waals surface area contributed by atoms with Crippen molar-refractivity contribution in [1.82, 2.24) is 0 Å². The second-order valence-corrected chi connectivity index (χ2v) is 11.9. The van der Waals surface area contributed by atoms with Gasteiger partial charge in [0.2, 0.25) is 0 Å². The Morgan fingerprint density at radius 2 is 0.389 bits per heavy atom. The molecule has 0 N–H and O–H groups in total. The van der Waals surface area contributed by atoms with Crippen molar-refractivity contribution in [2.24, 2.45) is 0 Å². The Kier molecular flexibility index (Phi) is 34.9. The molecule has 0 aliphatic carbocycles. The van der Waals surface area contributed by atoms with Gasteiger partial charge in [0.25, 0.3) is 0 Å². The average molecular weight is 509 g/mol. The summed E-state index contributed by atoms with van der Waals surface area (Å²) in [5.74, 6) is 0. The zero-order chi connectivity index (χ0) is 26.0. The van der Waals surface area contributed by atoms with Crippen molar-refractivity contribution < 1.29 is 4.74 Å². The van der Waals surface area contributed by atoms with Gasteiger partial charge < -0.3 is 4.74 Å². The normalized spacial score (nSPS) is 11.5. The third kappa shape index (κ3) is 34.0. The number of rotatable bonds is 33. The second kappa shape index (κ2) is 35.0. The van der Waals surface area contributed by atoms with Crippen LogP contribution in [0.1, 0.15) is 213 Å². The van der Waals surface area contributed by atoms with Crippen molar-refractivity contribution in [2.45, 2.75) is 213 Å². The van der Waals surface area contributed by atoms with Gasteiger partial charge in [-0.25, -0.2) is 0 Å². The third-order valence-electron chi connectivity index (χ3n) is 8.03. The van der Waals surface area contributed by atoms with E-state index in [2.05, 4.69) is 13.8 Å². The zero-order valence-corrected chi connectivity index (χ0v) is 25.7. The van der Waals surface area contributed by atoms with E-state index in [1.165, 1.54) is 199 Å². The molecule has 1 heteroatoms. The molecule has 36 heavy (non-hydrogen) atoms. The smallest absolute Gasteiger partial charge is 0.0466 e. The molecule has 218 valence electrons. The highest BCUT2D eigenvalue weighted by molar-refractivity contribution is 4.51. The van der Waals surface area contributed by atoms with Gasteiger partial charge in [0.15, 0.2) is 0 Å². The van der Waals surface area contributed by atoms with E-state index in [0.29, 0.717) is 0 Å². The maximum atomic E-state index is 5.87. The maximum absolute atomic E-state index is 5.87. The highest BCUT2D eigenvalue weighted by atomic mass is 16.5. The minimum Gasteiger partial charge on any atom is -0.381 e. The lowest BCUT2D eigenvalue weighted by molar-refractivity contribution is 0.125. The molecule has 0 atom stereocenters. The molecule has 0 amide bonds. The van der Waals surface area contributed by atoms with Gasteiger partial charge in [-0.15, -0.1) is 0 Å². The van der Waals surface area contributed by atoms with Crippen LogP contribution in [0.3, 0.4) is 0 Å². The predicted molar refractivity (Wildman–Crippen MR) is 165 cm³/mol. The van der Waals surface area contributed by atoms with E-state index in [4.69, 9.17) is 4.74 Å². The molecule has 0 rings (SSSR count). The standard InChI is InChI=1S/C35H72O/c1-3-5-7-9-11-13-15-17-19-21-23-25-27-29-31-33-35-36-34-32-30-28-26-24-22-20-18-16-14-12-10-8-6-4-2/h3-35H2,1-2H3. The minimum absolute atomic E-state index is 0.997. The van der Waals surface area contributed by atoms with E-state index in [1.54, 1.807) is 0 Å². The highest BCUT2D eigenvalue weighted by Gasteiger charge is 1.97. The van der Waals surface area contributed by atoms with Crippen LogP contribution in [0.2, 0.25) is 0 Å². The fourth-order valence-electron chi connectivity index (χ4n) is 5.43. The van der Waals surface area contributed by atoms with Crippen molar-refractivity contribution in [1.29, 1.82) is 0 Å². The Balaban J connectivity index is 3.00. The Morgan fingerprint density at radius 1 is 0.222 bits per heavy atom. The van der Waals surface area contributed by atoms with E-state index in [0.717, 1.165) is 13.2 Å². The maximum Gasteiger partial charge on any atom is 0.0466 e. The summed E-state index contributed by atoms with van der Waals surface area (Å²) in [7, 11) is 0. The molecule has 0 aromatic rings. The van der Waals surface area contributed by atoms with Gasteiger partial charge in [0, 0.05) is 13.2 Å². The summed E-state index contributed by atoms with van der Waals surface area (Å²) < 4.78 is 5.87. The first-order valence-corrected chi connectivity index (χ1v) is 17.5. The van der Waals surface area contributed by atoms with Crippen LogP contribution in [0.15, 0.2) is 0 Å². The zero-order valence-electron chi connectivity index (χ0n) is 25.7. The van der Waals surface area contributed by atoms with Crippen LogP contribution in [-0.4, -0.2) is 13.2 Å². The second-order valence-electron chi connectivity index (χ2n) is 11.9. The summed E-state index contributed by atoms with van der Waals surface area (Å²) in [5, 5.41) is 0. The summed E-state index contributed by atoms with van der Waals surface area (Å²) in [5.41, 5.74) is 0. The van der Waals surface area contributed by atoms with Gasteiger partial charge >= 0.3 is 0 Å². The fraction of sp³-hybridized carbons (Fsp3) is 1.00. The summed E-state index contributed by atoms with van der Waals surface area (Å²) in [6, 6.07) is 0. The van der Waals surface area contributed by atoms with Gasteiger partial charge in [-0.2, -0.15) is 0 Å². The fourth-order valence-corrected chi connectivity index (χ4v) is 5.43. The molecule has 0 unspecified atom stereocenters. The van der Waals surface area contributed by atoms with Crippen LogP contribution >= 0.6 is 0 Å². The Labute approximate surface area is 230 Å². The first-order chi connectivity index (χ1) is 17.9. The van der Waals surface area contributed by atoms with Crippen molar-refractivity contribution in [3.63, 3.8) is 0 Å². The summed E-state index contributed by atoms with van der Waals surface area (Å²) >= 11 is 0. The van der Waals surface area contributed by atoms with Gasteiger partial charge in [-0.05, 0) is 12.8 Å². The highest BCUT2D eigenvalue weighted by Crippen LogP contribution is 2.15. The van der Waals surface area contributed by atoms with Gasteiger partial charge in [-0.1, -0.05) is 200 Å². The molecule has 0 radical (unpaired) electrons. The topological polar surface area (TPSA) is 9.23 Å². The van der Waals surface area contributed by atoms with Gasteiger partial charge in [0.05, 0.1) is 0 Å². The largest absolute Gasteiger partial charge is 0.381 e. The molecule has 0 heterocycles. The van der Waals surface area contributed by atoms with Crippen molar-refractivity contribution in [3.8, 4) is 0 Å². The monoisotopic (exact) mass is 509 g/mol. The average Bonchev–Trinajstić information content (AvgIpc) is 2.89. The van der Waals surface area contributed by atoms with Crippen LogP contribution in [0.5, 0.6) is 0 Å². The van der Waals surface area contributed by atoms with Crippen LogP contribution in [0, 0.1) is 0 Å². The Hall–Kier alpha value is -0.0400. The van der Waals surface area contributed by atoms with Crippen LogP contribution in [0.4, 0.5) is 0 Å². The van der Waals surface area contributed by atoms with Crippen molar-refractivity contribution >= 4 is 0 Å². The summed E-state index contributed by atoms with van der Waals surface area (Å²) in [6.07, 6.45) is 44.5. The van der Waals surface area contributed by atoms with E-state index >= 15 is 0 Å². The molecule has 0 saturated heterocycles. The molecule has 0 spiro atoms. The lowest BCUT2D eigenvalue weighted by Gasteiger charge is -2.05. The minimum atomic E-state index is 0.997. The molecule has 0 bridgehead atoms. The quantitative estimate of drug-likeness (QED) is 0.0801. The summed E-state index contributed by atoms with van der Waals surface area (Å²) in [4.78, 5) is 0.